The molecule has 6 heteroatoms. The Morgan fingerprint density at radius 3 is 2.53 bits per heavy atom. The molecule has 1 aromatic carbocycles. The number of nitrogen functional groups attached to an aromatic ring is 1. The van der Waals surface area contributed by atoms with Gasteiger partial charge in [-0.1, -0.05) is 6.92 Å². The fourth-order valence-electron chi connectivity index (χ4n) is 2.40. The Hall–Kier alpha value is -1.14. The van der Waals surface area contributed by atoms with Crippen LogP contribution in [-0.4, -0.2) is 14.5 Å². The van der Waals surface area contributed by atoms with Crippen molar-refractivity contribution >= 4 is 15.7 Å². The highest BCUT2D eigenvalue weighted by Gasteiger charge is 2.25. The van der Waals surface area contributed by atoms with E-state index in [-0.39, 0.29) is 16.6 Å². The van der Waals surface area contributed by atoms with Crippen molar-refractivity contribution in [1.29, 1.82) is 0 Å². The number of nitrogens with one attached hydrogen (secondary N) is 1. The number of hydrogen-bond acceptors (Lipinski definition) is 3. The highest BCUT2D eigenvalue weighted by atomic mass is 32.2. The average Bonchev–Trinajstić information content (AvgIpc) is 2.35. The molecule has 0 aromatic heterocycles. The maximum absolute atomic E-state index is 13.2. The molecule has 1 aliphatic rings. The summed E-state index contributed by atoms with van der Waals surface area (Å²) in [6, 6.07) is 3.30. The van der Waals surface area contributed by atoms with E-state index >= 15 is 0 Å². The zero-order chi connectivity index (χ0) is 14.0. The summed E-state index contributed by atoms with van der Waals surface area (Å²) in [7, 11) is -3.75. The van der Waals surface area contributed by atoms with E-state index in [9.17, 15) is 12.8 Å². The van der Waals surface area contributed by atoms with Crippen molar-refractivity contribution < 1.29 is 12.8 Å². The third kappa shape index (κ3) is 3.45. The van der Waals surface area contributed by atoms with Crippen LogP contribution in [0.1, 0.15) is 32.6 Å². The second-order valence-electron chi connectivity index (χ2n) is 5.26. The summed E-state index contributed by atoms with van der Waals surface area (Å²) in [4.78, 5) is -0.175. The smallest absolute Gasteiger partial charge is 0.242 e. The van der Waals surface area contributed by atoms with Gasteiger partial charge >= 0.3 is 0 Å². The topological polar surface area (TPSA) is 72.2 Å². The molecule has 0 radical (unpaired) electrons. The molecular weight excluding hydrogens is 267 g/mol. The van der Waals surface area contributed by atoms with Crippen LogP contribution in [0.15, 0.2) is 23.1 Å². The fraction of sp³-hybridized carbons (Fsp3) is 0.538. The highest BCUT2D eigenvalue weighted by molar-refractivity contribution is 7.89. The lowest BCUT2D eigenvalue weighted by Crippen LogP contribution is -2.37. The zero-order valence-corrected chi connectivity index (χ0v) is 11.7. The van der Waals surface area contributed by atoms with Crippen LogP contribution in [0.4, 0.5) is 10.1 Å². The number of anilines is 1. The summed E-state index contributed by atoms with van der Waals surface area (Å²) in [5.41, 5.74) is 5.68. The fourth-order valence-corrected chi connectivity index (χ4v) is 3.85. The summed E-state index contributed by atoms with van der Waals surface area (Å²) < 4.78 is 40.2. The third-order valence-corrected chi connectivity index (χ3v) is 5.18. The van der Waals surface area contributed by atoms with Gasteiger partial charge in [-0.25, -0.2) is 17.5 Å². The molecule has 4 nitrogen and oxygen atoms in total. The molecule has 1 aliphatic carbocycles. The maximum atomic E-state index is 13.2. The Labute approximate surface area is 113 Å². The lowest BCUT2D eigenvalue weighted by atomic mass is 9.88. The van der Waals surface area contributed by atoms with Gasteiger partial charge < -0.3 is 5.73 Å². The lowest BCUT2D eigenvalue weighted by Gasteiger charge is -2.26. The largest absolute Gasteiger partial charge is 0.398 e. The predicted octanol–water partition coefficient (Wildman–Crippen LogP) is 2.26. The van der Waals surface area contributed by atoms with E-state index in [1.165, 1.54) is 6.07 Å². The first kappa shape index (κ1) is 14.3. The van der Waals surface area contributed by atoms with Gasteiger partial charge in [-0.2, -0.15) is 0 Å². The second kappa shape index (κ2) is 5.46. The van der Waals surface area contributed by atoms with Crippen LogP contribution in [0.2, 0.25) is 0 Å². The third-order valence-electron chi connectivity index (χ3n) is 3.60. The number of rotatable bonds is 3. The molecule has 2 rings (SSSR count). The molecule has 0 heterocycles. The molecule has 0 atom stereocenters. The van der Waals surface area contributed by atoms with Crippen molar-refractivity contribution in [2.75, 3.05) is 5.73 Å². The molecule has 1 saturated carbocycles. The zero-order valence-electron chi connectivity index (χ0n) is 10.9. The molecule has 0 bridgehead atoms. The average molecular weight is 286 g/mol. The van der Waals surface area contributed by atoms with Crippen LogP contribution in [0.25, 0.3) is 0 Å². The predicted molar refractivity (Wildman–Crippen MR) is 72.6 cm³/mol. The summed E-state index contributed by atoms with van der Waals surface area (Å²) in [6.45, 7) is 2.16. The summed E-state index contributed by atoms with van der Waals surface area (Å²) in [5.74, 6) is 0.0341. The Morgan fingerprint density at radius 1 is 1.26 bits per heavy atom. The number of nitrogens with two attached hydrogens (primary N) is 1. The van der Waals surface area contributed by atoms with E-state index < -0.39 is 15.8 Å². The van der Waals surface area contributed by atoms with Crippen molar-refractivity contribution in [3.05, 3.63) is 24.0 Å². The molecule has 106 valence electrons. The quantitative estimate of drug-likeness (QED) is 0.837. The minimum Gasteiger partial charge on any atom is -0.398 e. The molecule has 0 aliphatic heterocycles. The van der Waals surface area contributed by atoms with Crippen molar-refractivity contribution in [3.8, 4) is 0 Å². The molecular formula is C13H19FN2O2S. The Morgan fingerprint density at radius 2 is 1.89 bits per heavy atom. The summed E-state index contributed by atoms with van der Waals surface area (Å²) >= 11 is 0. The molecule has 0 amide bonds. The number of halogens is 1. The summed E-state index contributed by atoms with van der Waals surface area (Å²) in [6.07, 6.45) is 3.64. The van der Waals surface area contributed by atoms with E-state index in [0.29, 0.717) is 5.92 Å². The molecule has 3 N–H and O–H groups in total. The second-order valence-corrected chi connectivity index (χ2v) is 6.94. The van der Waals surface area contributed by atoms with E-state index in [1.54, 1.807) is 0 Å². The van der Waals surface area contributed by atoms with E-state index in [0.717, 1.165) is 37.8 Å². The van der Waals surface area contributed by atoms with Crippen LogP contribution in [0.5, 0.6) is 0 Å². The van der Waals surface area contributed by atoms with Crippen LogP contribution < -0.4 is 10.5 Å². The molecule has 0 saturated heterocycles. The van der Waals surface area contributed by atoms with Gasteiger partial charge in [0.25, 0.3) is 0 Å². The SMILES string of the molecule is CC1CCC(NS(=O)(=O)c2cc(F)ccc2N)CC1. The van der Waals surface area contributed by atoms with Gasteiger partial charge in [0, 0.05) is 6.04 Å². The molecule has 0 unspecified atom stereocenters. The standard InChI is InChI=1S/C13H19FN2O2S/c1-9-2-5-11(6-3-9)16-19(17,18)13-8-10(14)4-7-12(13)15/h4,7-9,11,16H,2-3,5-6,15H2,1H3. The van der Waals surface area contributed by atoms with Gasteiger partial charge in [0.05, 0.1) is 5.69 Å². The maximum Gasteiger partial charge on any atom is 0.242 e. The van der Waals surface area contributed by atoms with E-state index in [2.05, 4.69) is 11.6 Å². The highest BCUT2D eigenvalue weighted by Crippen LogP contribution is 2.26. The summed E-state index contributed by atoms with van der Waals surface area (Å²) in [5, 5.41) is 0. The Kier molecular flexibility index (Phi) is 4.10. The van der Waals surface area contributed by atoms with E-state index in [1.807, 2.05) is 0 Å². The molecule has 0 spiro atoms. The van der Waals surface area contributed by atoms with Gasteiger partial charge in [-0.05, 0) is 49.8 Å². The monoisotopic (exact) mass is 286 g/mol. The van der Waals surface area contributed by atoms with Crippen LogP contribution >= 0.6 is 0 Å². The first-order valence-corrected chi connectivity index (χ1v) is 7.94. The Bertz CT molecular complexity index is 552. The van der Waals surface area contributed by atoms with Gasteiger partial charge in [-0.3, -0.25) is 0 Å². The van der Waals surface area contributed by atoms with Crippen molar-refractivity contribution in [2.45, 2.75) is 43.5 Å². The van der Waals surface area contributed by atoms with Gasteiger partial charge in [-0.15, -0.1) is 0 Å². The van der Waals surface area contributed by atoms with Crippen molar-refractivity contribution in [2.24, 2.45) is 5.92 Å². The molecule has 1 aromatic rings. The minimum absolute atomic E-state index is 0.0677. The van der Waals surface area contributed by atoms with Crippen molar-refractivity contribution in [1.82, 2.24) is 4.72 Å². The van der Waals surface area contributed by atoms with E-state index in [4.69, 9.17) is 5.73 Å². The first-order chi connectivity index (χ1) is 8.88. The van der Waals surface area contributed by atoms with Crippen molar-refractivity contribution in [3.63, 3.8) is 0 Å². The van der Waals surface area contributed by atoms with Gasteiger partial charge in [0.2, 0.25) is 10.0 Å². The number of hydrogen-bond donors (Lipinski definition) is 2. The Balaban J connectivity index is 2.16. The number of benzene rings is 1. The van der Waals surface area contributed by atoms with Crippen LogP contribution in [0.3, 0.4) is 0 Å². The van der Waals surface area contributed by atoms with Gasteiger partial charge in [0.15, 0.2) is 0 Å². The first-order valence-electron chi connectivity index (χ1n) is 6.46. The van der Waals surface area contributed by atoms with Gasteiger partial charge in [0.1, 0.15) is 10.7 Å². The molecule has 1 fully saturated rings. The number of sulfonamides is 1. The van der Waals surface area contributed by atoms with Crippen LogP contribution in [0, 0.1) is 11.7 Å². The lowest BCUT2D eigenvalue weighted by molar-refractivity contribution is 0.332. The normalized spacial score (nSPS) is 24.3. The van der Waals surface area contributed by atoms with Crippen LogP contribution in [-0.2, 0) is 10.0 Å². The molecule has 19 heavy (non-hydrogen) atoms. The minimum atomic E-state index is -3.75.